The fraction of sp³-hybridized carbons (Fsp3) is 0.389. The summed E-state index contributed by atoms with van der Waals surface area (Å²) in [6.07, 6.45) is 5.04. The number of aromatic nitrogens is 1. The minimum Gasteiger partial charge on any atom is -0.313 e. The lowest BCUT2D eigenvalue weighted by Gasteiger charge is -2.14. The summed E-state index contributed by atoms with van der Waals surface area (Å²) < 4.78 is 0. The summed E-state index contributed by atoms with van der Waals surface area (Å²) in [5.41, 5.74) is 5.10. The van der Waals surface area contributed by atoms with Crippen LogP contribution in [-0.4, -0.2) is 12.0 Å². The molecule has 0 aliphatic carbocycles. The zero-order valence-corrected chi connectivity index (χ0v) is 12.7. The van der Waals surface area contributed by atoms with Gasteiger partial charge in [-0.1, -0.05) is 44.2 Å². The van der Waals surface area contributed by atoms with E-state index in [1.54, 1.807) is 0 Å². The number of nitrogens with one attached hydrogen (secondary N) is 1. The number of aryl methyl sites for hydroxylation is 1. The van der Waals surface area contributed by atoms with Gasteiger partial charge in [0.25, 0.3) is 0 Å². The highest BCUT2D eigenvalue weighted by molar-refractivity contribution is 5.28. The largest absolute Gasteiger partial charge is 0.313 e. The second-order valence-electron chi connectivity index (χ2n) is 5.18. The molecule has 0 saturated carbocycles. The number of nitrogens with zero attached hydrogens (tertiary/aromatic N) is 1. The molecule has 106 valence electrons. The molecule has 0 spiro atoms. The van der Waals surface area contributed by atoms with Gasteiger partial charge in [0.15, 0.2) is 0 Å². The van der Waals surface area contributed by atoms with Crippen LogP contribution in [0.3, 0.4) is 0 Å². The lowest BCUT2D eigenvalue weighted by molar-refractivity contribution is 0.577. The van der Waals surface area contributed by atoms with Crippen molar-refractivity contribution in [3.05, 3.63) is 65.0 Å². The average molecular weight is 268 g/mol. The van der Waals surface area contributed by atoms with Gasteiger partial charge >= 0.3 is 0 Å². The van der Waals surface area contributed by atoms with Crippen molar-refractivity contribution in [3.63, 3.8) is 0 Å². The molecule has 2 nitrogen and oxygen atoms in total. The second kappa shape index (κ2) is 7.20. The molecule has 0 radical (unpaired) electrons. The molecule has 1 heterocycles. The topological polar surface area (TPSA) is 24.9 Å². The quantitative estimate of drug-likeness (QED) is 0.859. The summed E-state index contributed by atoms with van der Waals surface area (Å²) in [6.45, 7) is 4.36. The third-order valence-electron chi connectivity index (χ3n) is 3.82. The Kier molecular flexibility index (Phi) is 5.31. The molecular formula is C18H24N2. The predicted molar refractivity (Wildman–Crippen MR) is 85.0 cm³/mol. The van der Waals surface area contributed by atoms with Gasteiger partial charge in [0, 0.05) is 24.4 Å². The van der Waals surface area contributed by atoms with Crippen LogP contribution < -0.4 is 5.32 Å². The standard InChI is InChI=1S/C18H24N2/c1-4-14-8-11-17(20-13-14)12-15-6-9-16(10-7-15)18(5-2)19-3/h6-11,13,18-19H,4-5,12H2,1-3H3. The monoisotopic (exact) mass is 268 g/mol. The van der Waals surface area contributed by atoms with E-state index in [1.807, 2.05) is 13.2 Å². The molecule has 0 aliphatic heterocycles. The number of benzene rings is 1. The van der Waals surface area contributed by atoms with Crippen molar-refractivity contribution in [2.75, 3.05) is 7.05 Å². The number of rotatable bonds is 6. The number of hydrogen-bond acceptors (Lipinski definition) is 2. The molecule has 1 N–H and O–H groups in total. The van der Waals surface area contributed by atoms with Crippen molar-refractivity contribution in [2.24, 2.45) is 0 Å². The summed E-state index contributed by atoms with van der Waals surface area (Å²) in [5, 5.41) is 3.34. The third kappa shape index (κ3) is 3.67. The maximum atomic E-state index is 4.52. The molecule has 0 aliphatic rings. The van der Waals surface area contributed by atoms with Gasteiger partial charge in [-0.25, -0.2) is 0 Å². The van der Waals surface area contributed by atoms with Gasteiger partial charge in [0.05, 0.1) is 0 Å². The predicted octanol–water partition coefficient (Wildman–Crippen LogP) is 3.91. The first-order chi connectivity index (χ1) is 9.76. The Morgan fingerprint density at radius 1 is 1.00 bits per heavy atom. The minimum atomic E-state index is 0.450. The summed E-state index contributed by atoms with van der Waals surface area (Å²) in [4.78, 5) is 4.52. The van der Waals surface area contributed by atoms with E-state index in [-0.39, 0.29) is 0 Å². The van der Waals surface area contributed by atoms with Crippen LogP contribution in [0.15, 0.2) is 42.6 Å². The van der Waals surface area contributed by atoms with E-state index in [9.17, 15) is 0 Å². The van der Waals surface area contributed by atoms with Gasteiger partial charge in [0.1, 0.15) is 0 Å². The molecule has 2 heteroatoms. The van der Waals surface area contributed by atoms with E-state index in [1.165, 1.54) is 16.7 Å². The highest BCUT2D eigenvalue weighted by atomic mass is 14.9. The van der Waals surface area contributed by atoms with Crippen molar-refractivity contribution in [1.82, 2.24) is 10.3 Å². The molecule has 0 bridgehead atoms. The van der Waals surface area contributed by atoms with Crippen LogP contribution in [0.2, 0.25) is 0 Å². The molecule has 2 rings (SSSR count). The van der Waals surface area contributed by atoms with Crippen molar-refractivity contribution >= 4 is 0 Å². The molecular weight excluding hydrogens is 244 g/mol. The number of pyridine rings is 1. The van der Waals surface area contributed by atoms with Gasteiger partial charge < -0.3 is 5.32 Å². The maximum Gasteiger partial charge on any atom is 0.0447 e. The van der Waals surface area contributed by atoms with Crippen LogP contribution in [0.4, 0.5) is 0 Å². The van der Waals surface area contributed by atoms with E-state index in [2.05, 4.69) is 60.5 Å². The third-order valence-corrected chi connectivity index (χ3v) is 3.82. The molecule has 0 fully saturated rings. The summed E-state index contributed by atoms with van der Waals surface area (Å²) >= 11 is 0. The maximum absolute atomic E-state index is 4.52. The summed E-state index contributed by atoms with van der Waals surface area (Å²) in [7, 11) is 2.02. The second-order valence-corrected chi connectivity index (χ2v) is 5.18. The lowest BCUT2D eigenvalue weighted by Crippen LogP contribution is -2.15. The van der Waals surface area contributed by atoms with E-state index >= 15 is 0 Å². The summed E-state index contributed by atoms with van der Waals surface area (Å²) in [6, 6.07) is 13.6. The Morgan fingerprint density at radius 2 is 1.70 bits per heavy atom. The minimum absolute atomic E-state index is 0.450. The van der Waals surface area contributed by atoms with E-state index < -0.39 is 0 Å². The van der Waals surface area contributed by atoms with Gasteiger partial charge in [-0.15, -0.1) is 0 Å². The average Bonchev–Trinajstić information content (AvgIpc) is 2.51. The van der Waals surface area contributed by atoms with Crippen molar-refractivity contribution < 1.29 is 0 Å². The van der Waals surface area contributed by atoms with Gasteiger partial charge in [-0.3, -0.25) is 4.98 Å². The molecule has 0 saturated heterocycles. The van der Waals surface area contributed by atoms with Crippen LogP contribution in [0.5, 0.6) is 0 Å². The van der Waals surface area contributed by atoms with Crippen LogP contribution in [0, 0.1) is 0 Å². The number of hydrogen-bond donors (Lipinski definition) is 1. The van der Waals surface area contributed by atoms with Crippen LogP contribution in [-0.2, 0) is 12.8 Å². The first kappa shape index (κ1) is 14.7. The Morgan fingerprint density at radius 3 is 2.20 bits per heavy atom. The molecule has 2 aromatic rings. The Labute approximate surface area is 122 Å². The van der Waals surface area contributed by atoms with E-state index in [4.69, 9.17) is 0 Å². The SMILES string of the molecule is CCc1ccc(Cc2ccc(C(CC)NC)cc2)nc1. The fourth-order valence-corrected chi connectivity index (χ4v) is 2.45. The zero-order chi connectivity index (χ0) is 14.4. The van der Waals surface area contributed by atoms with Gasteiger partial charge in [-0.05, 0) is 42.6 Å². The lowest BCUT2D eigenvalue weighted by atomic mass is 10.0. The van der Waals surface area contributed by atoms with Crippen molar-refractivity contribution in [3.8, 4) is 0 Å². The summed E-state index contributed by atoms with van der Waals surface area (Å²) in [5.74, 6) is 0. The van der Waals surface area contributed by atoms with Gasteiger partial charge in [-0.2, -0.15) is 0 Å². The molecule has 20 heavy (non-hydrogen) atoms. The molecule has 1 aromatic heterocycles. The molecule has 1 aromatic carbocycles. The van der Waals surface area contributed by atoms with Crippen LogP contribution in [0.25, 0.3) is 0 Å². The van der Waals surface area contributed by atoms with Gasteiger partial charge in [0.2, 0.25) is 0 Å². The fourth-order valence-electron chi connectivity index (χ4n) is 2.45. The Hall–Kier alpha value is -1.67. The van der Waals surface area contributed by atoms with E-state index in [0.29, 0.717) is 6.04 Å². The zero-order valence-electron chi connectivity index (χ0n) is 12.7. The van der Waals surface area contributed by atoms with Crippen LogP contribution in [0.1, 0.15) is 48.7 Å². The smallest absolute Gasteiger partial charge is 0.0447 e. The molecule has 0 amide bonds. The molecule has 1 atom stereocenters. The Bertz CT molecular complexity index is 510. The van der Waals surface area contributed by atoms with Crippen molar-refractivity contribution in [2.45, 2.75) is 39.2 Å². The first-order valence-corrected chi connectivity index (χ1v) is 7.46. The highest BCUT2D eigenvalue weighted by Gasteiger charge is 2.06. The van der Waals surface area contributed by atoms with Crippen LogP contribution >= 0.6 is 0 Å². The van der Waals surface area contributed by atoms with Crippen molar-refractivity contribution in [1.29, 1.82) is 0 Å². The highest BCUT2D eigenvalue weighted by Crippen LogP contribution is 2.17. The van der Waals surface area contributed by atoms with E-state index in [0.717, 1.165) is 25.0 Å². The first-order valence-electron chi connectivity index (χ1n) is 7.46. The molecule has 1 unspecified atom stereocenters. The normalized spacial score (nSPS) is 12.3. The Balaban J connectivity index is 2.06.